The van der Waals surface area contributed by atoms with Gasteiger partial charge in [0.1, 0.15) is 0 Å². The summed E-state index contributed by atoms with van der Waals surface area (Å²) in [6.07, 6.45) is 0.829. The van der Waals surface area contributed by atoms with Gasteiger partial charge in [-0.2, -0.15) is 0 Å². The summed E-state index contributed by atoms with van der Waals surface area (Å²) in [6, 6.07) is 24.5. The normalized spacial score (nSPS) is 15.7. The highest BCUT2D eigenvalue weighted by molar-refractivity contribution is 6.59. The molecule has 1 unspecified atom stereocenters. The van der Waals surface area contributed by atoms with Crippen LogP contribution < -0.4 is 5.46 Å². The van der Waals surface area contributed by atoms with Crippen molar-refractivity contribution in [3.05, 3.63) is 101 Å². The van der Waals surface area contributed by atoms with Gasteiger partial charge in [-0.25, -0.2) is 0 Å². The Bertz CT molecular complexity index is 843. The molecule has 0 spiro atoms. The van der Waals surface area contributed by atoms with Crippen molar-refractivity contribution in [3.63, 3.8) is 0 Å². The maximum atomic E-state index is 9.85. The first kappa shape index (κ1) is 14.3. The van der Waals surface area contributed by atoms with Crippen LogP contribution in [-0.4, -0.2) is 17.2 Å². The van der Waals surface area contributed by atoms with Gasteiger partial charge in [0.05, 0.1) is 0 Å². The van der Waals surface area contributed by atoms with Crippen molar-refractivity contribution >= 4 is 12.6 Å². The second-order valence-electron chi connectivity index (χ2n) is 6.01. The molecule has 3 heteroatoms. The number of benzene rings is 3. The first-order chi connectivity index (χ1) is 11.3. The fourth-order valence-corrected chi connectivity index (χ4v) is 3.69. The van der Waals surface area contributed by atoms with Gasteiger partial charge in [-0.1, -0.05) is 72.8 Å². The molecular weight excluding hydrogens is 283 g/mol. The van der Waals surface area contributed by atoms with E-state index in [0.29, 0.717) is 5.46 Å². The van der Waals surface area contributed by atoms with Crippen LogP contribution in [0.3, 0.4) is 0 Å². The minimum absolute atomic E-state index is 0.0362. The molecule has 0 fully saturated rings. The van der Waals surface area contributed by atoms with Crippen molar-refractivity contribution in [2.75, 3.05) is 0 Å². The van der Waals surface area contributed by atoms with Gasteiger partial charge in [0, 0.05) is 5.92 Å². The van der Waals surface area contributed by atoms with Crippen molar-refractivity contribution in [3.8, 4) is 0 Å². The van der Waals surface area contributed by atoms with E-state index < -0.39 is 7.12 Å². The molecule has 3 aromatic rings. The Morgan fingerprint density at radius 3 is 2.22 bits per heavy atom. The van der Waals surface area contributed by atoms with Crippen molar-refractivity contribution in [1.29, 1.82) is 0 Å². The Balaban J connectivity index is 2.01. The van der Waals surface area contributed by atoms with Gasteiger partial charge in [-0.3, -0.25) is 0 Å². The van der Waals surface area contributed by atoms with E-state index in [0.717, 1.165) is 12.0 Å². The molecule has 112 valence electrons. The second-order valence-corrected chi connectivity index (χ2v) is 6.01. The number of fused-ring (bicyclic) bond motifs is 2. The van der Waals surface area contributed by atoms with E-state index in [4.69, 9.17) is 0 Å². The standard InChI is InChI=1S/C20H17BO2/c22-21(23)18-12-6-10-16-13-15-9-4-5-11-17(15)19(20(16)18)14-7-2-1-3-8-14/h1-12,19,22-23H,13H2. The van der Waals surface area contributed by atoms with Gasteiger partial charge in [-0.15, -0.1) is 0 Å². The van der Waals surface area contributed by atoms with Crippen LogP contribution in [0.4, 0.5) is 0 Å². The first-order valence-electron chi connectivity index (χ1n) is 7.86. The van der Waals surface area contributed by atoms with Crippen molar-refractivity contribution in [2.24, 2.45) is 0 Å². The third kappa shape index (κ3) is 2.38. The fraction of sp³-hybridized carbons (Fsp3) is 0.100. The molecule has 0 saturated carbocycles. The smallest absolute Gasteiger partial charge is 0.423 e. The second kappa shape index (κ2) is 5.69. The van der Waals surface area contributed by atoms with Crippen LogP contribution in [-0.2, 0) is 6.42 Å². The summed E-state index contributed by atoms with van der Waals surface area (Å²) in [5.74, 6) is 0.0362. The summed E-state index contributed by atoms with van der Waals surface area (Å²) < 4.78 is 0. The predicted molar refractivity (Wildman–Crippen MR) is 92.9 cm³/mol. The highest BCUT2D eigenvalue weighted by Gasteiger charge is 2.31. The van der Waals surface area contributed by atoms with Gasteiger partial charge in [0.15, 0.2) is 0 Å². The molecule has 0 amide bonds. The molecule has 2 N–H and O–H groups in total. The molecule has 2 nitrogen and oxygen atoms in total. The average molecular weight is 300 g/mol. The lowest BCUT2D eigenvalue weighted by Crippen LogP contribution is -2.36. The molecule has 1 aliphatic rings. The number of hydrogen-bond donors (Lipinski definition) is 2. The molecule has 1 aliphatic carbocycles. The van der Waals surface area contributed by atoms with Crippen molar-refractivity contribution in [1.82, 2.24) is 0 Å². The third-order valence-electron chi connectivity index (χ3n) is 4.68. The molecule has 0 bridgehead atoms. The molecule has 0 radical (unpaired) electrons. The van der Waals surface area contributed by atoms with E-state index in [1.54, 1.807) is 0 Å². The SMILES string of the molecule is OB(O)c1cccc2c1C(c1ccccc1)c1ccccc1C2. The maximum absolute atomic E-state index is 9.85. The van der Waals surface area contributed by atoms with E-state index in [9.17, 15) is 10.0 Å². The minimum atomic E-state index is -1.46. The number of hydrogen-bond acceptors (Lipinski definition) is 2. The van der Waals surface area contributed by atoms with Crippen LogP contribution in [0.5, 0.6) is 0 Å². The highest BCUT2D eigenvalue weighted by Crippen LogP contribution is 2.39. The topological polar surface area (TPSA) is 40.5 Å². The molecular formula is C20H17BO2. The molecule has 0 heterocycles. The van der Waals surface area contributed by atoms with Gasteiger partial charge < -0.3 is 10.0 Å². The quantitative estimate of drug-likeness (QED) is 0.558. The lowest BCUT2D eigenvalue weighted by atomic mass is 9.66. The fourth-order valence-electron chi connectivity index (χ4n) is 3.69. The van der Waals surface area contributed by atoms with Crippen molar-refractivity contribution < 1.29 is 10.0 Å². The Hall–Kier alpha value is -2.36. The summed E-state index contributed by atoms with van der Waals surface area (Å²) in [5.41, 5.74) is 6.54. The molecule has 4 rings (SSSR count). The summed E-state index contributed by atoms with van der Waals surface area (Å²) in [5, 5.41) is 19.7. The van der Waals surface area contributed by atoms with Crippen LogP contribution in [0.15, 0.2) is 72.8 Å². The molecule has 3 aromatic carbocycles. The summed E-state index contributed by atoms with van der Waals surface area (Å²) in [6.45, 7) is 0. The predicted octanol–water partition coefficient (Wildman–Crippen LogP) is 2.45. The molecule has 23 heavy (non-hydrogen) atoms. The zero-order chi connectivity index (χ0) is 15.8. The minimum Gasteiger partial charge on any atom is -0.423 e. The first-order valence-corrected chi connectivity index (χ1v) is 7.86. The van der Waals surface area contributed by atoms with E-state index in [-0.39, 0.29) is 5.92 Å². The van der Waals surface area contributed by atoms with Crippen molar-refractivity contribution in [2.45, 2.75) is 12.3 Å². The average Bonchev–Trinajstić information content (AvgIpc) is 2.59. The Morgan fingerprint density at radius 1 is 0.739 bits per heavy atom. The summed E-state index contributed by atoms with van der Waals surface area (Å²) in [7, 11) is -1.46. The van der Waals surface area contributed by atoms with E-state index >= 15 is 0 Å². The van der Waals surface area contributed by atoms with Crippen LogP contribution in [0.25, 0.3) is 0 Å². The van der Waals surface area contributed by atoms with Crippen LogP contribution in [0, 0.1) is 0 Å². The number of rotatable bonds is 2. The van der Waals surface area contributed by atoms with Gasteiger partial charge in [0.2, 0.25) is 0 Å². The highest BCUT2D eigenvalue weighted by atomic mass is 16.4. The van der Waals surface area contributed by atoms with Gasteiger partial charge in [0.25, 0.3) is 0 Å². The van der Waals surface area contributed by atoms with Gasteiger partial charge >= 0.3 is 7.12 Å². The largest absolute Gasteiger partial charge is 0.488 e. The Kier molecular flexibility index (Phi) is 3.53. The van der Waals surface area contributed by atoms with E-state index in [1.165, 1.54) is 22.3 Å². The molecule has 0 saturated heterocycles. The maximum Gasteiger partial charge on any atom is 0.488 e. The van der Waals surface area contributed by atoms with Crippen LogP contribution in [0.2, 0.25) is 0 Å². The summed E-state index contributed by atoms with van der Waals surface area (Å²) in [4.78, 5) is 0. The monoisotopic (exact) mass is 300 g/mol. The van der Waals surface area contributed by atoms with Crippen LogP contribution in [0.1, 0.15) is 33.7 Å². The zero-order valence-corrected chi connectivity index (χ0v) is 12.7. The lowest BCUT2D eigenvalue weighted by molar-refractivity contribution is 0.425. The van der Waals surface area contributed by atoms with Gasteiger partial charge in [-0.05, 0) is 39.7 Å². The van der Waals surface area contributed by atoms with E-state index in [1.807, 2.05) is 30.3 Å². The van der Waals surface area contributed by atoms with Crippen LogP contribution >= 0.6 is 0 Å². The molecule has 0 aromatic heterocycles. The Morgan fingerprint density at radius 2 is 1.43 bits per heavy atom. The Labute approximate surface area is 136 Å². The van der Waals surface area contributed by atoms with E-state index in [2.05, 4.69) is 42.5 Å². The zero-order valence-electron chi connectivity index (χ0n) is 12.7. The molecule has 1 atom stereocenters. The summed E-state index contributed by atoms with van der Waals surface area (Å²) >= 11 is 0. The third-order valence-corrected chi connectivity index (χ3v) is 4.68. The molecule has 0 aliphatic heterocycles. The lowest BCUT2D eigenvalue weighted by Gasteiger charge is -2.31.